The lowest BCUT2D eigenvalue weighted by Crippen LogP contribution is -2.42. The molecule has 2 bridgehead atoms. The van der Waals surface area contributed by atoms with E-state index < -0.39 is 33.5 Å². The van der Waals surface area contributed by atoms with Gasteiger partial charge in [0.25, 0.3) is 5.92 Å². The highest BCUT2D eigenvalue weighted by Crippen LogP contribution is 2.50. The number of sulfonamides is 1. The summed E-state index contributed by atoms with van der Waals surface area (Å²) in [4.78, 5) is 12.2. The Kier molecular flexibility index (Phi) is 4.42. The van der Waals surface area contributed by atoms with Gasteiger partial charge in [-0.05, 0) is 50.4 Å². The number of halogens is 2. The molecule has 132 valence electrons. The van der Waals surface area contributed by atoms with Crippen LogP contribution < -0.4 is 4.72 Å². The van der Waals surface area contributed by atoms with Gasteiger partial charge in [-0.1, -0.05) is 0 Å². The highest BCUT2D eigenvalue weighted by Gasteiger charge is 2.56. The van der Waals surface area contributed by atoms with Gasteiger partial charge in [0.15, 0.2) is 0 Å². The summed E-state index contributed by atoms with van der Waals surface area (Å²) in [5.41, 5.74) is 0. The fraction of sp³-hybridized carbons (Fsp3) is 0.933. The summed E-state index contributed by atoms with van der Waals surface area (Å²) in [6.45, 7) is 0. The molecule has 0 heterocycles. The van der Waals surface area contributed by atoms with Crippen molar-refractivity contribution in [1.82, 2.24) is 4.72 Å². The summed E-state index contributed by atoms with van der Waals surface area (Å²) in [6.07, 6.45) is 2.83. The molecule has 5 atom stereocenters. The van der Waals surface area contributed by atoms with E-state index in [0.717, 1.165) is 6.42 Å². The fourth-order valence-electron chi connectivity index (χ4n) is 4.20. The van der Waals surface area contributed by atoms with Crippen LogP contribution in [-0.2, 0) is 14.8 Å². The minimum atomic E-state index is -3.85. The van der Waals surface area contributed by atoms with E-state index in [-0.39, 0.29) is 36.7 Å². The Balaban J connectivity index is 1.50. The van der Waals surface area contributed by atoms with Gasteiger partial charge >= 0.3 is 0 Å². The lowest BCUT2D eigenvalue weighted by atomic mass is 9.67. The van der Waals surface area contributed by atoms with Crippen LogP contribution in [0.15, 0.2) is 0 Å². The number of carbonyl (C=O) groups excluding carboxylic acids is 1. The molecule has 0 aromatic rings. The summed E-state index contributed by atoms with van der Waals surface area (Å²) in [7, 11) is -3.85. The van der Waals surface area contributed by atoms with Crippen LogP contribution in [0.25, 0.3) is 0 Å². The number of rotatable bonds is 5. The van der Waals surface area contributed by atoms with E-state index in [1.807, 2.05) is 0 Å². The molecule has 3 saturated carbocycles. The number of fused-ring (bicyclic) bond motifs is 2. The van der Waals surface area contributed by atoms with Gasteiger partial charge in [-0.3, -0.25) is 9.52 Å². The average molecular weight is 351 g/mol. The molecule has 3 aliphatic carbocycles. The Bertz CT molecular complexity index is 562. The molecule has 0 aromatic heterocycles. The minimum absolute atomic E-state index is 0.113. The Morgan fingerprint density at radius 1 is 1.13 bits per heavy atom. The van der Waals surface area contributed by atoms with Crippen molar-refractivity contribution >= 4 is 15.9 Å². The van der Waals surface area contributed by atoms with E-state index in [0.29, 0.717) is 25.7 Å². The van der Waals surface area contributed by atoms with Crippen LogP contribution in [0.4, 0.5) is 8.78 Å². The van der Waals surface area contributed by atoms with Gasteiger partial charge in [0.1, 0.15) is 0 Å². The van der Waals surface area contributed by atoms with Crippen molar-refractivity contribution in [3.05, 3.63) is 0 Å². The molecule has 8 heteroatoms. The Morgan fingerprint density at radius 2 is 1.70 bits per heavy atom. The van der Waals surface area contributed by atoms with E-state index in [4.69, 9.17) is 0 Å². The highest BCUT2D eigenvalue weighted by atomic mass is 32.2. The number of hydrogen-bond donors (Lipinski definition) is 2. The van der Waals surface area contributed by atoms with Gasteiger partial charge in [-0.2, -0.15) is 0 Å². The van der Waals surface area contributed by atoms with Crippen LogP contribution in [0.3, 0.4) is 0 Å². The average Bonchev–Trinajstić information content (AvgIpc) is 3.02. The van der Waals surface area contributed by atoms with Crippen molar-refractivity contribution < 1.29 is 27.1 Å². The first-order valence-corrected chi connectivity index (χ1v) is 9.90. The van der Waals surface area contributed by atoms with Crippen molar-refractivity contribution in [3.8, 4) is 0 Å². The zero-order valence-electron chi connectivity index (χ0n) is 12.9. The predicted octanol–water partition coefficient (Wildman–Crippen LogP) is 1.66. The van der Waals surface area contributed by atoms with E-state index in [1.54, 1.807) is 0 Å². The summed E-state index contributed by atoms with van der Waals surface area (Å²) < 4.78 is 51.5. The van der Waals surface area contributed by atoms with E-state index in [9.17, 15) is 27.1 Å². The summed E-state index contributed by atoms with van der Waals surface area (Å²) >= 11 is 0. The molecule has 0 radical (unpaired) electrons. The maximum Gasteiger partial charge on any atom is 0.251 e. The monoisotopic (exact) mass is 351 g/mol. The molecule has 0 saturated heterocycles. The molecule has 23 heavy (non-hydrogen) atoms. The molecule has 3 rings (SSSR count). The summed E-state index contributed by atoms with van der Waals surface area (Å²) in [5, 5.41) is 9.74. The lowest BCUT2D eigenvalue weighted by molar-refractivity contribution is -0.126. The molecular weight excluding hydrogens is 328 g/mol. The van der Waals surface area contributed by atoms with Gasteiger partial charge in [0.05, 0.1) is 11.9 Å². The largest absolute Gasteiger partial charge is 0.393 e. The molecule has 3 aliphatic rings. The molecule has 5 nitrogen and oxygen atoms in total. The topological polar surface area (TPSA) is 83.5 Å². The molecule has 3 fully saturated rings. The predicted molar refractivity (Wildman–Crippen MR) is 79.2 cm³/mol. The number of nitrogens with one attached hydrogen (secondary N) is 1. The number of aliphatic hydroxyl groups is 1. The second kappa shape index (κ2) is 5.95. The fourth-order valence-corrected chi connectivity index (χ4v) is 5.37. The SMILES string of the molecule is O=C(NS(=O)(=O)CCC1CC1(F)F)C1C[C@H]2CC(O)C[C@@H](C1)C2. The third kappa shape index (κ3) is 4.21. The maximum atomic E-state index is 12.8. The number of amides is 1. The van der Waals surface area contributed by atoms with Crippen molar-refractivity contribution in [2.45, 2.75) is 57.0 Å². The lowest BCUT2D eigenvalue weighted by Gasteiger charge is -2.40. The molecule has 2 N–H and O–H groups in total. The van der Waals surface area contributed by atoms with Crippen LogP contribution in [-0.4, -0.2) is 37.2 Å². The maximum absolute atomic E-state index is 12.8. The zero-order valence-corrected chi connectivity index (χ0v) is 13.7. The molecule has 0 aliphatic heterocycles. The van der Waals surface area contributed by atoms with Gasteiger partial charge in [0.2, 0.25) is 15.9 Å². The number of aliphatic hydroxyl groups excluding tert-OH is 1. The van der Waals surface area contributed by atoms with Crippen LogP contribution in [0.2, 0.25) is 0 Å². The Labute approximate surface area is 134 Å². The van der Waals surface area contributed by atoms with Crippen molar-refractivity contribution in [2.75, 3.05) is 5.75 Å². The van der Waals surface area contributed by atoms with Gasteiger partial charge in [-0.15, -0.1) is 0 Å². The van der Waals surface area contributed by atoms with Gasteiger partial charge in [0, 0.05) is 18.3 Å². The van der Waals surface area contributed by atoms with Crippen LogP contribution >= 0.6 is 0 Å². The van der Waals surface area contributed by atoms with Crippen molar-refractivity contribution in [1.29, 1.82) is 0 Å². The van der Waals surface area contributed by atoms with Gasteiger partial charge < -0.3 is 5.11 Å². The third-order valence-corrected chi connectivity index (χ3v) is 6.72. The quantitative estimate of drug-likeness (QED) is 0.789. The van der Waals surface area contributed by atoms with Crippen LogP contribution in [0, 0.1) is 23.7 Å². The highest BCUT2D eigenvalue weighted by molar-refractivity contribution is 7.90. The first kappa shape index (κ1) is 17.1. The number of carbonyl (C=O) groups is 1. The second-order valence-electron chi connectivity index (χ2n) is 7.50. The Morgan fingerprint density at radius 3 is 2.22 bits per heavy atom. The van der Waals surface area contributed by atoms with Crippen LogP contribution in [0.1, 0.15) is 44.9 Å². The standard InChI is InChI=1S/C15H23F2NO4S/c16-15(17)8-12(15)1-2-23(21,22)18-14(20)11-4-9-3-10(5-11)7-13(19)6-9/h9-13,19H,1-8H2,(H,18,20)/t9-,10+,11?,12?,13?. The first-order chi connectivity index (χ1) is 10.6. The number of alkyl halides is 2. The number of hydrogen-bond acceptors (Lipinski definition) is 4. The second-order valence-corrected chi connectivity index (χ2v) is 9.34. The summed E-state index contributed by atoms with van der Waals surface area (Å²) in [6, 6.07) is 0. The molecular formula is C15H23F2NO4S. The van der Waals surface area contributed by atoms with E-state index in [1.165, 1.54) is 0 Å². The van der Waals surface area contributed by atoms with E-state index in [2.05, 4.69) is 4.72 Å². The normalized spacial score (nSPS) is 38.8. The minimum Gasteiger partial charge on any atom is -0.393 e. The molecule has 1 amide bonds. The third-order valence-electron chi connectivity index (χ3n) is 5.43. The molecule has 0 aromatic carbocycles. The van der Waals surface area contributed by atoms with Crippen molar-refractivity contribution in [2.24, 2.45) is 23.7 Å². The zero-order chi connectivity index (χ0) is 16.8. The molecule has 0 spiro atoms. The van der Waals surface area contributed by atoms with Gasteiger partial charge in [-0.25, -0.2) is 17.2 Å². The van der Waals surface area contributed by atoms with E-state index >= 15 is 0 Å². The van der Waals surface area contributed by atoms with Crippen LogP contribution in [0.5, 0.6) is 0 Å². The summed E-state index contributed by atoms with van der Waals surface area (Å²) in [5.74, 6) is -4.38. The smallest absolute Gasteiger partial charge is 0.251 e. The first-order valence-electron chi connectivity index (χ1n) is 8.25. The Hall–Kier alpha value is -0.760. The van der Waals surface area contributed by atoms with Crippen molar-refractivity contribution in [3.63, 3.8) is 0 Å². The molecule has 3 unspecified atom stereocenters.